The molecule has 0 radical (unpaired) electrons. The highest BCUT2D eigenvalue weighted by Crippen LogP contribution is 2.46. The van der Waals surface area contributed by atoms with Crippen molar-refractivity contribution in [2.75, 3.05) is 4.90 Å². The van der Waals surface area contributed by atoms with Gasteiger partial charge in [-0.2, -0.15) is 0 Å². The van der Waals surface area contributed by atoms with E-state index in [-0.39, 0.29) is 21.5 Å². The standard InChI is InChI=1S/C27H18Cl3N3O3S2/c1-14-2-4-15(5-3-14)13-37-27-32-31-26(38-27)33-22(19-11-10-18(29)12-20(19)30)21(24(35)25(33)36)23(34)16-6-8-17(28)9-7-16/h2-12,22,34H,13H2,1H3/b23-21-. The van der Waals surface area contributed by atoms with Gasteiger partial charge < -0.3 is 5.11 Å². The number of hydrogen-bond acceptors (Lipinski definition) is 7. The monoisotopic (exact) mass is 601 g/mol. The number of nitrogens with zero attached hydrogens (tertiary/aromatic N) is 3. The minimum absolute atomic E-state index is 0.120. The van der Waals surface area contributed by atoms with Crippen LogP contribution in [-0.4, -0.2) is 27.0 Å². The van der Waals surface area contributed by atoms with E-state index in [0.717, 1.165) is 5.56 Å². The summed E-state index contributed by atoms with van der Waals surface area (Å²) in [4.78, 5) is 27.9. The fourth-order valence-corrected chi connectivity index (χ4v) is 6.46. The van der Waals surface area contributed by atoms with E-state index in [9.17, 15) is 14.7 Å². The Kier molecular flexibility index (Phi) is 7.79. The van der Waals surface area contributed by atoms with Crippen LogP contribution in [-0.2, 0) is 15.3 Å². The zero-order chi connectivity index (χ0) is 27.0. The van der Waals surface area contributed by atoms with E-state index in [4.69, 9.17) is 34.8 Å². The number of aliphatic hydroxyl groups is 1. The molecule has 11 heteroatoms. The zero-order valence-electron chi connectivity index (χ0n) is 19.7. The Balaban J connectivity index is 1.56. The Morgan fingerprint density at radius 2 is 1.66 bits per heavy atom. The van der Waals surface area contributed by atoms with Gasteiger partial charge in [-0.05, 0) is 54.4 Å². The maximum Gasteiger partial charge on any atom is 0.301 e. The third kappa shape index (κ3) is 5.32. The van der Waals surface area contributed by atoms with Crippen LogP contribution in [0.2, 0.25) is 15.1 Å². The number of rotatable bonds is 6. The van der Waals surface area contributed by atoms with Gasteiger partial charge in [0.15, 0.2) is 4.34 Å². The van der Waals surface area contributed by atoms with Gasteiger partial charge in [0.05, 0.1) is 11.6 Å². The van der Waals surface area contributed by atoms with E-state index in [2.05, 4.69) is 10.2 Å². The number of aryl methyl sites for hydroxylation is 1. The number of amides is 1. The third-order valence-electron chi connectivity index (χ3n) is 5.90. The summed E-state index contributed by atoms with van der Waals surface area (Å²) in [6, 6.07) is 18.2. The predicted octanol–water partition coefficient (Wildman–Crippen LogP) is 7.73. The van der Waals surface area contributed by atoms with Crippen molar-refractivity contribution in [1.29, 1.82) is 0 Å². The summed E-state index contributed by atoms with van der Waals surface area (Å²) in [6.07, 6.45) is 0. The first-order chi connectivity index (χ1) is 18.2. The molecule has 1 unspecified atom stereocenters. The molecule has 0 aliphatic carbocycles. The molecule has 6 nitrogen and oxygen atoms in total. The van der Waals surface area contributed by atoms with Gasteiger partial charge >= 0.3 is 5.91 Å². The molecule has 1 amide bonds. The van der Waals surface area contributed by atoms with E-state index in [1.54, 1.807) is 36.4 Å². The van der Waals surface area contributed by atoms with Gasteiger partial charge in [0.2, 0.25) is 5.13 Å². The lowest BCUT2D eigenvalue weighted by Gasteiger charge is -2.23. The van der Waals surface area contributed by atoms with Gasteiger partial charge in [-0.25, -0.2) is 0 Å². The van der Waals surface area contributed by atoms with Crippen LogP contribution < -0.4 is 4.90 Å². The molecule has 38 heavy (non-hydrogen) atoms. The fourth-order valence-electron chi connectivity index (χ4n) is 4.00. The van der Waals surface area contributed by atoms with Crippen LogP contribution in [0.1, 0.15) is 28.3 Å². The van der Waals surface area contributed by atoms with Crippen LogP contribution in [0, 0.1) is 6.92 Å². The number of benzene rings is 3. The molecule has 4 aromatic rings. The van der Waals surface area contributed by atoms with Crippen LogP contribution in [0.5, 0.6) is 0 Å². The average Bonchev–Trinajstić information content (AvgIpc) is 3.46. The van der Waals surface area contributed by atoms with Crippen molar-refractivity contribution in [3.63, 3.8) is 0 Å². The van der Waals surface area contributed by atoms with Crippen LogP contribution in [0.4, 0.5) is 5.13 Å². The molecule has 1 atom stereocenters. The number of Topliss-reactive ketones (excluding diaryl/α,β-unsaturated/α-hetero) is 1. The van der Waals surface area contributed by atoms with E-state index in [1.165, 1.54) is 39.6 Å². The van der Waals surface area contributed by atoms with Crippen LogP contribution in [0.25, 0.3) is 5.76 Å². The Hall–Kier alpha value is -2.88. The molecule has 1 N–H and O–H groups in total. The molecule has 1 saturated heterocycles. The molecule has 2 heterocycles. The Labute approximate surface area is 241 Å². The number of aliphatic hydroxyl groups excluding tert-OH is 1. The summed E-state index contributed by atoms with van der Waals surface area (Å²) in [7, 11) is 0. The molecule has 0 saturated carbocycles. The van der Waals surface area contributed by atoms with Gasteiger partial charge in [-0.15, -0.1) is 10.2 Å². The van der Waals surface area contributed by atoms with Crippen LogP contribution >= 0.6 is 57.9 Å². The first kappa shape index (κ1) is 26.7. The second kappa shape index (κ2) is 11.1. The molecular weight excluding hydrogens is 585 g/mol. The Morgan fingerprint density at radius 1 is 0.974 bits per heavy atom. The summed E-state index contributed by atoms with van der Waals surface area (Å²) >= 11 is 21.3. The number of ketones is 1. The number of anilines is 1. The van der Waals surface area contributed by atoms with Crippen molar-refractivity contribution >= 4 is 80.5 Å². The maximum absolute atomic E-state index is 13.4. The number of thioether (sulfide) groups is 1. The van der Waals surface area contributed by atoms with E-state index < -0.39 is 17.7 Å². The topological polar surface area (TPSA) is 83.4 Å². The lowest BCUT2D eigenvalue weighted by Crippen LogP contribution is -2.29. The van der Waals surface area contributed by atoms with Crippen molar-refractivity contribution in [1.82, 2.24) is 10.2 Å². The summed E-state index contributed by atoms with van der Waals surface area (Å²) in [5.41, 5.74) is 2.91. The Morgan fingerprint density at radius 3 is 2.34 bits per heavy atom. The van der Waals surface area contributed by atoms with Crippen LogP contribution in [0.15, 0.2) is 76.6 Å². The highest BCUT2D eigenvalue weighted by atomic mass is 35.5. The van der Waals surface area contributed by atoms with Crippen molar-refractivity contribution in [3.8, 4) is 0 Å². The highest BCUT2D eigenvalue weighted by Gasteiger charge is 2.49. The number of aromatic nitrogens is 2. The quantitative estimate of drug-likeness (QED) is 0.0800. The molecular formula is C27H18Cl3N3O3S2. The van der Waals surface area contributed by atoms with E-state index >= 15 is 0 Å². The van der Waals surface area contributed by atoms with Crippen molar-refractivity contribution in [2.24, 2.45) is 0 Å². The van der Waals surface area contributed by atoms with Gasteiger partial charge in [0.25, 0.3) is 5.78 Å². The molecule has 1 aromatic heterocycles. The normalized spacial score (nSPS) is 16.8. The molecule has 0 bridgehead atoms. The second-order valence-corrected chi connectivity index (χ2v) is 11.9. The molecule has 1 fully saturated rings. The second-order valence-electron chi connectivity index (χ2n) is 8.47. The maximum atomic E-state index is 13.4. The largest absolute Gasteiger partial charge is 0.507 e. The van der Waals surface area contributed by atoms with E-state index in [1.807, 2.05) is 31.2 Å². The van der Waals surface area contributed by atoms with Gasteiger partial charge in [0.1, 0.15) is 5.76 Å². The van der Waals surface area contributed by atoms with Crippen molar-refractivity contribution in [3.05, 3.63) is 110 Å². The van der Waals surface area contributed by atoms with Crippen LogP contribution in [0.3, 0.4) is 0 Å². The minimum Gasteiger partial charge on any atom is -0.507 e. The molecule has 192 valence electrons. The molecule has 5 rings (SSSR count). The van der Waals surface area contributed by atoms with Gasteiger partial charge in [-0.3, -0.25) is 14.5 Å². The SMILES string of the molecule is Cc1ccc(CSc2nnc(N3C(=O)C(=O)/C(=C(\O)c4ccc(Cl)cc4)C3c3ccc(Cl)cc3Cl)s2)cc1. The van der Waals surface area contributed by atoms with Crippen molar-refractivity contribution in [2.45, 2.75) is 23.1 Å². The predicted molar refractivity (Wildman–Crippen MR) is 153 cm³/mol. The lowest BCUT2D eigenvalue weighted by molar-refractivity contribution is -0.132. The molecule has 1 aliphatic heterocycles. The summed E-state index contributed by atoms with van der Waals surface area (Å²) in [5.74, 6) is -1.39. The summed E-state index contributed by atoms with van der Waals surface area (Å²) < 4.78 is 0.626. The number of carbonyl (C=O) groups excluding carboxylic acids is 2. The molecule has 0 spiro atoms. The van der Waals surface area contributed by atoms with Gasteiger partial charge in [0, 0.05) is 26.4 Å². The zero-order valence-corrected chi connectivity index (χ0v) is 23.6. The molecule has 3 aromatic carbocycles. The first-order valence-corrected chi connectivity index (χ1v) is 14.2. The number of hydrogen-bond donors (Lipinski definition) is 1. The summed E-state index contributed by atoms with van der Waals surface area (Å²) in [5, 5.41) is 21.0. The first-order valence-electron chi connectivity index (χ1n) is 11.3. The molecule has 1 aliphatic rings. The Bertz CT molecular complexity index is 1570. The fraction of sp³-hybridized carbons (Fsp3) is 0.111. The van der Waals surface area contributed by atoms with Crippen molar-refractivity contribution < 1.29 is 14.7 Å². The van der Waals surface area contributed by atoms with Gasteiger partial charge in [-0.1, -0.05) is 93.8 Å². The summed E-state index contributed by atoms with van der Waals surface area (Å²) in [6.45, 7) is 2.03. The average molecular weight is 603 g/mol. The smallest absolute Gasteiger partial charge is 0.301 e. The lowest BCUT2D eigenvalue weighted by atomic mass is 9.95. The van der Waals surface area contributed by atoms with E-state index in [0.29, 0.717) is 31.3 Å². The number of halogens is 3. The third-order valence-corrected chi connectivity index (χ3v) is 8.85. The minimum atomic E-state index is -1.04. The number of carbonyl (C=O) groups is 2. The highest BCUT2D eigenvalue weighted by molar-refractivity contribution is 8.00.